The molecule has 0 fully saturated rings. The molecule has 1 heterocycles. The van der Waals surface area contributed by atoms with Gasteiger partial charge < -0.3 is 15.4 Å². The number of nitrogens with zero attached hydrogens (tertiary/aromatic N) is 1. The largest absolute Gasteiger partial charge is 0.377 e. The fraction of sp³-hybridized carbons (Fsp3) is 0.545. The normalized spacial score (nSPS) is 10.7. The first-order valence-electron chi connectivity index (χ1n) is 5.44. The standard InChI is InChI=1S/C11H17F2N3O/c1-7(2)17-5-4-15-11-9(13)6-8(12)10(14-3)16-11/h6-7H,4-5H2,1-3H3,(H2,14,15,16). The van der Waals surface area contributed by atoms with Crippen LogP contribution in [0.5, 0.6) is 0 Å². The molecule has 1 aromatic heterocycles. The van der Waals surface area contributed by atoms with Crippen LogP contribution in [0.3, 0.4) is 0 Å². The summed E-state index contributed by atoms with van der Waals surface area (Å²) in [6.07, 6.45) is 0.121. The first-order valence-corrected chi connectivity index (χ1v) is 5.44. The van der Waals surface area contributed by atoms with Gasteiger partial charge in [-0.15, -0.1) is 0 Å². The zero-order valence-corrected chi connectivity index (χ0v) is 10.2. The SMILES string of the molecule is CNc1nc(NCCOC(C)C)c(F)cc1F. The second-order valence-corrected chi connectivity index (χ2v) is 3.75. The third kappa shape index (κ3) is 4.14. The molecule has 0 amide bonds. The molecule has 0 aliphatic heterocycles. The maximum atomic E-state index is 13.3. The molecule has 0 aliphatic carbocycles. The number of ether oxygens (including phenoxy) is 1. The van der Waals surface area contributed by atoms with E-state index in [2.05, 4.69) is 15.6 Å². The summed E-state index contributed by atoms with van der Waals surface area (Å²) in [7, 11) is 1.52. The number of aromatic nitrogens is 1. The van der Waals surface area contributed by atoms with E-state index in [0.717, 1.165) is 6.07 Å². The predicted molar refractivity (Wildman–Crippen MR) is 63.3 cm³/mol. The first-order chi connectivity index (χ1) is 8.04. The summed E-state index contributed by atoms with van der Waals surface area (Å²) in [5.41, 5.74) is 0. The van der Waals surface area contributed by atoms with Gasteiger partial charge in [-0.3, -0.25) is 0 Å². The van der Waals surface area contributed by atoms with Crippen LogP contribution >= 0.6 is 0 Å². The van der Waals surface area contributed by atoms with Crippen LogP contribution in [0.25, 0.3) is 0 Å². The molecule has 17 heavy (non-hydrogen) atoms. The lowest BCUT2D eigenvalue weighted by molar-refractivity contribution is 0.0870. The number of hydrogen-bond donors (Lipinski definition) is 2. The van der Waals surface area contributed by atoms with Gasteiger partial charge in [-0.2, -0.15) is 0 Å². The van der Waals surface area contributed by atoms with Crippen molar-refractivity contribution in [1.29, 1.82) is 0 Å². The van der Waals surface area contributed by atoms with Crippen molar-refractivity contribution in [2.45, 2.75) is 20.0 Å². The molecule has 0 bridgehead atoms. The van der Waals surface area contributed by atoms with Crippen molar-refractivity contribution in [1.82, 2.24) is 4.98 Å². The Bertz CT molecular complexity index is 372. The second kappa shape index (κ2) is 6.34. The minimum Gasteiger partial charge on any atom is -0.377 e. The fourth-order valence-electron chi connectivity index (χ4n) is 1.23. The molecule has 0 saturated heterocycles. The minimum absolute atomic E-state index is 0.0127. The number of nitrogens with one attached hydrogen (secondary N) is 2. The van der Waals surface area contributed by atoms with Crippen molar-refractivity contribution in [3.63, 3.8) is 0 Å². The van der Waals surface area contributed by atoms with E-state index >= 15 is 0 Å². The minimum atomic E-state index is -0.717. The summed E-state index contributed by atoms with van der Waals surface area (Å²) in [4.78, 5) is 3.78. The van der Waals surface area contributed by atoms with Crippen LogP contribution in [0, 0.1) is 11.6 Å². The Kier molecular flexibility index (Phi) is 5.09. The van der Waals surface area contributed by atoms with Crippen LogP contribution in [-0.2, 0) is 4.74 Å². The zero-order chi connectivity index (χ0) is 12.8. The average Bonchev–Trinajstić information content (AvgIpc) is 2.26. The summed E-state index contributed by atoms with van der Waals surface area (Å²) in [5.74, 6) is -1.40. The first kappa shape index (κ1) is 13.6. The molecule has 2 N–H and O–H groups in total. The lowest BCUT2D eigenvalue weighted by atomic mass is 10.4. The van der Waals surface area contributed by atoms with Gasteiger partial charge >= 0.3 is 0 Å². The maximum absolute atomic E-state index is 13.3. The van der Waals surface area contributed by atoms with Crippen molar-refractivity contribution >= 4 is 11.6 Å². The highest BCUT2D eigenvalue weighted by atomic mass is 19.1. The van der Waals surface area contributed by atoms with Crippen molar-refractivity contribution in [2.75, 3.05) is 30.8 Å². The van der Waals surface area contributed by atoms with Crippen LogP contribution < -0.4 is 10.6 Å². The Labute approximate surface area is 99.4 Å². The van der Waals surface area contributed by atoms with Crippen LogP contribution in [0.1, 0.15) is 13.8 Å². The van der Waals surface area contributed by atoms with Crippen molar-refractivity contribution in [3.8, 4) is 0 Å². The average molecular weight is 245 g/mol. The molecule has 0 spiro atoms. The molecular weight excluding hydrogens is 228 g/mol. The maximum Gasteiger partial charge on any atom is 0.168 e. The van der Waals surface area contributed by atoms with Crippen molar-refractivity contribution in [3.05, 3.63) is 17.7 Å². The summed E-state index contributed by atoms with van der Waals surface area (Å²) in [6.45, 7) is 4.67. The zero-order valence-electron chi connectivity index (χ0n) is 10.2. The Balaban J connectivity index is 2.58. The molecule has 0 unspecified atom stereocenters. The Morgan fingerprint density at radius 1 is 1.29 bits per heavy atom. The van der Waals surface area contributed by atoms with Crippen LogP contribution in [-0.4, -0.2) is 31.3 Å². The van der Waals surface area contributed by atoms with E-state index in [1.54, 1.807) is 0 Å². The van der Waals surface area contributed by atoms with E-state index in [1.807, 2.05) is 13.8 Å². The molecule has 96 valence electrons. The summed E-state index contributed by atoms with van der Waals surface area (Å²) < 4.78 is 31.7. The van der Waals surface area contributed by atoms with Crippen molar-refractivity contribution < 1.29 is 13.5 Å². The smallest absolute Gasteiger partial charge is 0.168 e. The number of halogens is 2. The van der Waals surface area contributed by atoms with Crippen LogP contribution in [0.15, 0.2) is 6.07 Å². The van der Waals surface area contributed by atoms with Gasteiger partial charge in [0, 0.05) is 19.7 Å². The van der Waals surface area contributed by atoms with Gasteiger partial charge in [-0.05, 0) is 13.8 Å². The fourth-order valence-corrected chi connectivity index (χ4v) is 1.23. The predicted octanol–water partition coefficient (Wildman–Crippen LogP) is 2.24. The molecule has 0 saturated carbocycles. The third-order valence-electron chi connectivity index (χ3n) is 2.01. The van der Waals surface area contributed by atoms with E-state index < -0.39 is 11.6 Å². The van der Waals surface area contributed by atoms with E-state index in [4.69, 9.17) is 4.74 Å². The quantitative estimate of drug-likeness (QED) is 0.754. The molecule has 4 nitrogen and oxygen atoms in total. The van der Waals surface area contributed by atoms with Gasteiger partial charge in [-0.25, -0.2) is 13.8 Å². The Morgan fingerprint density at radius 3 is 2.53 bits per heavy atom. The number of pyridine rings is 1. The van der Waals surface area contributed by atoms with Gasteiger partial charge in [0.1, 0.15) is 0 Å². The van der Waals surface area contributed by atoms with E-state index in [0.29, 0.717) is 13.2 Å². The summed E-state index contributed by atoms with van der Waals surface area (Å²) in [5, 5.41) is 5.30. The highest BCUT2D eigenvalue weighted by Gasteiger charge is 2.10. The summed E-state index contributed by atoms with van der Waals surface area (Å²) in [6, 6.07) is 0.796. The highest BCUT2D eigenvalue weighted by molar-refractivity contribution is 5.47. The molecule has 0 atom stereocenters. The third-order valence-corrected chi connectivity index (χ3v) is 2.01. The van der Waals surface area contributed by atoms with Crippen molar-refractivity contribution in [2.24, 2.45) is 0 Å². The monoisotopic (exact) mass is 245 g/mol. The lowest BCUT2D eigenvalue weighted by Crippen LogP contribution is -2.15. The van der Waals surface area contributed by atoms with E-state index in [9.17, 15) is 8.78 Å². The molecule has 0 radical (unpaired) electrons. The van der Waals surface area contributed by atoms with E-state index in [1.165, 1.54) is 7.05 Å². The van der Waals surface area contributed by atoms with Gasteiger partial charge in [0.25, 0.3) is 0 Å². The van der Waals surface area contributed by atoms with Gasteiger partial charge in [0.05, 0.1) is 12.7 Å². The Hall–Kier alpha value is -1.43. The van der Waals surface area contributed by atoms with Gasteiger partial charge in [0.15, 0.2) is 23.3 Å². The second-order valence-electron chi connectivity index (χ2n) is 3.75. The Morgan fingerprint density at radius 2 is 1.94 bits per heavy atom. The number of rotatable bonds is 6. The van der Waals surface area contributed by atoms with Gasteiger partial charge in [0.2, 0.25) is 0 Å². The van der Waals surface area contributed by atoms with Crippen LogP contribution in [0.4, 0.5) is 20.4 Å². The van der Waals surface area contributed by atoms with E-state index in [-0.39, 0.29) is 17.7 Å². The molecular formula is C11H17F2N3O. The highest BCUT2D eigenvalue weighted by Crippen LogP contribution is 2.18. The molecule has 1 aromatic rings. The molecule has 0 aliphatic rings. The number of hydrogen-bond acceptors (Lipinski definition) is 4. The summed E-state index contributed by atoms with van der Waals surface area (Å²) >= 11 is 0. The number of anilines is 2. The lowest BCUT2D eigenvalue weighted by Gasteiger charge is -2.11. The molecule has 1 rings (SSSR count). The molecule has 0 aromatic carbocycles. The van der Waals surface area contributed by atoms with Crippen LogP contribution in [0.2, 0.25) is 0 Å². The topological polar surface area (TPSA) is 46.2 Å². The molecule has 6 heteroatoms. The van der Waals surface area contributed by atoms with Gasteiger partial charge in [-0.1, -0.05) is 0 Å².